The summed E-state index contributed by atoms with van der Waals surface area (Å²) in [5.41, 5.74) is 21.1. The summed E-state index contributed by atoms with van der Waals surface area (Å²) in [4.78, 5) is 103. The third-order valence-electron chi connectivity index (χ3n) is 13.0. The molecular weight excluding hydrogens is 985 g/mol. The Labute approximate surface area is 451 Å². The van der Waals surface area contributed by atoms with Gasteiger partial charge in [0.25, 0.3) is 0 Å². The Balaban J connectivity index is 1.43. The van der Waals surface area contributed by atoms with Crippen molar-refractivity contribution < 1.29 is 43.0 Å². The number of aliphatic imine (C=N–C) groups is 1. The summed E-state index contributed by atoms with van der Waals surface area (Å²) in [6, 6.07) is 17.9. The minimum absolute atomic E-state index is 0.0503. The van der Waals surface area contributed by atoms with Crippen LogP contribution >= 0.6 is 0 Å². The summed E-state index contributed by atoms with van der Waals surface area (Å²) in [5, 5.41) is 21.3. The molecule has 0 radical (unpaired) electrons. The number of nitrogens with two attached hydrogens (primary N) is 3. The van der Waals surface area contributed by atoms with Gasteiger partial charge in [-0.25, -0.2) is 0 Å². The van der Waals surface area contributed by atoms with Crippen LogP contribution in [0.25, 0.3) is 10.9 Å². The van der Waals surface area contributed by atoms with E-state index in [1.165, 1.54) is 0 Å². The highest BCUT2D eigenvalue weighted by Crippen LogP contribution is 2.26. The van der Waals surface area contributed by atoms with E-state index >= 15 is 0 Å². The van der Waals surface area contributed by atoms with Crippen molar-refractivity contribution in [3.05, 3.63) is 101 Å². The van der Waals surface area contributed by atoms with Crippen molar-refractivity contribution in [1.29, 1.82) is 0 Å². The zero-order valence-electron chi connectivity index (χ0n) is 44.8. The van der Waals surface area contributed by atoms with Crippen molar-refractivity contribution in [3.63, 3.8) is 0 Å². The largest absolute Gasteiger partial charge is 0.491 e. The van der Waals surface area contributed by atoms with Gasteiger partial charge in [0.15, 0.2) is 5.96 Å². The van der Waals surface area contributed by atoms with Gasteiger partial charge in [-0.3, -0.25) is 43.9 Å². The number of carbonyl (C=O) groups is 7. The Morgan fingerprint density at radius 1 is 0.805 bits per heavy atom. The molecule has 0 aliphatic carbocycles. The molecule has 0 spiro atoms. The van der Waals surface area contributed by atoms with Crippen molar-refractivity contribution >= 4 is 58.2 Å². The van der Waals surface area contributed by atoms with Crippen molar-refractivity contribution in [1.82, 2.24) is 42.2 Å². The SMILES string of the molecule is CCCCC(=O)N[C@H]1CC(=O)NCCCC[C@@H](C(N)=O)NC(=O)[C@H](Cc2c[nH]c3ccccc23)NC(=O)[C@H](CCCN=C(N)N)NCOC[C@@H](Cc2ccccc2)NC(=O)CCCc2c(cccc2OC(C)C)CNC1=O. The number of unbranched alkanes of at least 4 members (excludes halogenated alkanes) is 1. The number of primary amides is 1. The number of fused-ring (bicyclic) bond motifs is 2. The van der Waals surface area contributed by atoms with Crippen LogP contribution in [0.3, 0.4) is 0 Å². The van der Waals surface area contributed by atoms with Gasteiger partial charge >= 0.3 is 0 Å². The maximum absolute atomic E-state index is 14.4. The second kappa shape index (κ2) is 32.2. The van der Waals surface area contributed by atoms with E-state index in [0.29, 0.717) is 50.7 Å². The maximum atomic E-state index is 14.4. The number of ether oxygens (including phenoxy) is 2. The first-order valence-corrected chi connectivity index (χ1v) is 26.9. The summed E-state index contributed by atoms with van der Waals surface area (Å²) < 4.78 is 12.4. The Kier molecular flexibility index (Phi) is 25.2. The summed E-state index contributed by atoms with van der Waals surface area (Å²) in [6.45, 7) is 6.19. The highest BCUT2D eigenvalue weighted by molar-refractivity contribution is 5.94. The number of hydrogen-bond acceptors (Lipinski definition) is 11. The number of nitrogens with zero attached hydrogens (tertiary/aromatic N) is 1. The molecule has 0 bridgehead atoms. The zero-order valence-corrected chi connectivity index (χ0v) is 44.8. The molecule has 5 atom stereocenters. The summed E-state index contributed by atoms with van der Waals surface area (Å²) >= 11 is 0. The number of rotatable bonds is 15. The molecule has 77 heavy (non-hydrogen) atoms. The molecule has 1 aromatic heterocycles. The molecule has 21 nitrogen and oxygen atoms in total. The fraction of sp³-hybridized carbons (Fsp3) is 0.500. The molecule has 418 valence electrons. The van der Waals surface area contributed by atoms with E-state index in [1.807, 2.05) is 93.6 Å². The molecule has 3 aromatic carbocycles. The number of carbonyl (C=O) groups excluding carboxylic acids is 7. The van der Waals surface area contributed by atoms with Crippen LogP contribution in [-0.2, 0) is 64.1 Å². The number of H-pyrrole nitrogens is 1. The molecular formula is C56H80N12O9. The monoisotopic (exact) mass is 1060 g/mol. The van der Waals surface area contributed by atoms with Crippen molar-refractivity contribution in [2.75, 3.05) is 26.4 Å². The summed E-state index contributed by atoms with van der Waals surface area (Å²) in [7, 11) is 0. The number of aromatic amines is 1. The molecule has 0 saturated heterocycles. The van der Waals surface area contributed by atoms with Crippen molar-refractivity contribution in [2.24, 2.45) is 22.2 Å². The lowest BCUT2D eigenvalue weighted by molar-refractivity contribution is -0.132. The Morgan fingerprint density at radius 2 is 1.57 bits per heavy atom. The highest BCUT2D eigenvalue weighted by Gasteiger charge is 2.30. The van der Waals surface area contributed by atoms with Gasteiger partial charge in [-0.15, -0.1) is 0 Å². The first kappa shape index (κ1) is 60.3. The summed E-state index contributed by atoms with van der Waals surface area (Å²) in [5.74, 6) is -3.05. The van der Waals surface area contributed by atoms with Gasteiger partial charge in [-0.2, -0.15) is 0 Å². The van der Waals surface area contributed by atoms with E-state index in [1.54, 1.807) is 6.20 Å². The third-order valence-corrected chi connectivity index (χ3v) is 13.0. The number of aromatic nitrogens is 1. The average Bonchev–Trinajstić information content (AvgIpc) is 3.80. The molecule has 0 fully saturated rings. The molecule has 2 heterocycles. The average molecular weight is 1070 g/mol. The van der Waals surface area contributed by atoms with Gasteiger partial charge in [-0.1, -0.05) is 74.0 Å². The molecule has 14 N–H and O–H groups in total. The van der Waals surface area contributed by atoms with Crippen LogP contribution in [0.5, 0.6) is 5.75 Å². The van der Waals surface area contributed by atoms with Crippen LogP contribution in [0.4, 0.5) is 0 Å². The highest BCUT2D eigenvalue weighted by atomic mass is 16.5. The topological polar surface area (TPSA) is 328 Å². The molecule has 0 unspecified atom stereocenters. The van der Waals surface area contributed by atoms with E-state index in [9.17, 15) is 33.6 Å². The van der Waals surface area contributed by atoms with Crippen LogP contribution in [0.1, 0.15) is 114 Å². The molecule has 1 aliphatic rings. The number of nitrogens with one attached hydrogen (secondary N) is 8. The predicted octanol–water partition coefficient (Wildman–Crippen LogP) is 2.67. The lowest BCUT2D eigenvalue weighted by Crippen LogP contribution is -2.56. The predicted molar refractivity (Wildman–Crippen MR) is 295 cm³/mol. The minimum atomic E-state index is -1.18. The van der Waals surface area contributed by atoms with E-state index in [-0.39, 0.29) is 95.4 Å². The van der Waals surface area contributed by atoms with Gasteiger partial charge in [0.2, 0.25) is 41.4 Å². The number of amides is 7. The van der Waals surface area contributed by atoms with Gasteiger partial charge < -0.3 is 63.6 Å². The molecule has 7 amide bonds. The van der Waals surface area contributed by atoms with Crippen LogP contribution in [-0.4, -0.2) is 115 Å². The zero-order chi connectivity index (χ0) is 55.5. The summed E-state index contributed by atoms with van der Waals surface area (Å²) in [6.07, 6.45) is 5.80. The number of guanidine groups is 1. The van der Waals surface area contributed by atoms with E-state index in [2.05, 4.69) is 47.2 Å². The molecule has 1 aliphatic heterocycles. The Bertz CT molecular complexity index is 2590. The second-order valence-corrected chi connectivity index (χ2v) is 19.7. The Hall–Kier alpha value is -7.52. The molecule has 21 heteroatoms. The molecule has 5 rings (SSSR count). The first-order valence-electron chi connectivity index (χ1n) is 26.9. The van der Waals surface area contributed by atoms with Crippen LogP contribution in [0, 0.1) is 0 Å². The Morgan fingerprint density at radius 3 is 2.32 bits per heavy atom. The van der Waals surface area contributed by atoms with Crippen molar-refractivity contribution in [3.8, 4) is 5.75 Å². The standard InChI is InChI=1S/C56H80N12O9/c1-4-5-25-50(70)66-47-31-51(71)60-27-12-11-22-44(52(57)72)67-55(75)46(30-39-33-62-43-21-10-9-19-41(39)43)68-54(74)45(23-15-28-61-56(58)59)64-35-76-34-40(29-37-16-7-6-8-17-37)65-49(69)26-14-20-42-38(32-63-53(47)73)18-13-24-48(42)77-36(2)3/h6-10,13,16-19,21,24,33,36,40,44-47,62,64H,4-5,11-12,14-15,20,22-23,25-32,34-35H2,1-3H3,(H2,57,72)(H,60,71)(H,63,73)(H,65,69)(H,66,70)(H,67,75)(H,68,74)(H4,58,59,61)/t40-,44+,45+,46+,47+/m1/s1. The fourth-order valence-corrected chi connectivity index (χ4v) is 9.03. The second-order valence-electron chi connectivity index (χ2n) is 19.7. The normalized spacial score (nSPS) is 20.5. The van der Waals surface area contributed by atoms with Gasteiger partial charge in [-0.05, 0) is 106 Å². The smallest absolute Gasteiger partial charge is 0.243 e. The van der Waals surface area contributed by atoms with Gasteiger partial charge in [0.05, 0.1) is 37.9 Å². The van der Waals surface area contributed by atoms with Gasteiger partial charge in [0, 0.05) is 56.0 Å². The number of para-hydroxylation sites is 1. The number of hydrogen-bond donors (Lipinski definition) is 11. The first-order chi connectivity index (χ1) is 37.1. The van der Waals surface area contributed by atoms with E-state index in [0.717, 1.165) is 39.6 Å². The van der Waals surface area contributed by atoms with Crippen LogP contribution in [0.15, 0.2) is 84.0 Å². The van der Waals surface area contributed by atoms with Crippen LogP contribution < -0.4 is 59.2 Å². The molecule has 4 aromatic rings. The van der Waals surface area contributed by atoms with Crippen molar-refractivity contribution in [2.45, 2.75) is 154 Å². The molecule has 0 saturated carbocycles. The fourth-order valence-electron chi connectivity index (χ4n) is 9.03. The van der Waals surface area contributed by atoms with E-state index in [4.69, 9.17) is 26.7 Å². The quantitative estimate of drug-likeness (QED) is 0.0465. The van der Waals surface area contributed by atoms with E-state index < -0.39 is 59.7 Å². The third kappa shape index (κ3) is 21.2. The van der Waals surface area contributed by atoms with Gasteiger partial charge in [0.1, 0.15) is 23.9 Å². The van der Waals surface area contributed by atoms with Crippen LogP contribution in [0.2, 0.25) is 0 Å². The maximum Gasteiger partial charge on any atom is 0.243 e. The number of benzene rings is 3. The minimum Gasteiger partial charge on any atom is -0.491 e. The lowest BCUT2D eigenvalue weighted by Gasteiger charge is -2.25. The lowest BCUT2D eigenvalue weighted by atomic mass is 9.99.